The lowest BCUT2D eigenvalue weighted by Crippen LogP contribution is -2.25. The summed E-state index contributed by atoms with van der Waals surface area (Å²) >= 11 is 0. The Morgan fingerprint density at radius 2 is 2.04 bits per heavy atom. The van der Waals surface area contributed by atoms with Crippen molar-refractivity contribution in [3.63, 3.8) is 0 Å². The predicted octanol–water partition coefficient (Wildman–Crippen LogP) is 3.66. The molecule has 138 valence electrons. The maximum Gasteiger partial charge on any atom is 0.267 e. The van der Waals surface area contributed by atoms with Gasteiger partial charge in [0.1, 0.15) is 5.69 Å². The number of anilines is 2. The number of hydrogen-bond donors (Lipinski definition) is 3. The molecule has 1 aliphatic rings. The highest BCUT2D eigenvalue weighted by molar-refractivity contribution is 5.99. The molecule has 1 amide bonds. The van der Waals surface area contributed by atoms with Crippen LogP contribution in [0.4, 0.5) is 11.6 Å². The topological polar surface area (TPSA) is 95.6 Å². The highest BCUT2D eigenvalue weighted by Gasteiger charge is 2.24. The van der Waals surface area contributed by atoms with Crippen LogP contribution in [0.2, 0.25) is 0 Å². The van der Waals surface area contributed by atoms with Crippen molar-refractivity contribution in [2.45, 2.75) is 18.9 Å². The van der Waals surface area contributed by atoms with Crippen LogP contribution in [0.5, 0.6) is 0 Å². The maximum atomic E-state index is 12.2. The first-order chi connectivity index (χ1) is 13.7. The number of nitrogens with zero attached hydrogens (tertiary/aromatic N) is 3. The van der Waals surface area contributed by atoms with E-state index in [1.165, 1.54) is 0 Å². The molecular formula is C21H18N6O. The van der Waals surface area contributed by atoms with Crippen molar-refractivity contribution >= 4 is 28.4 Å². The lowest BCUT2D eigenvalue weighted by molar-refractivity contribution is 0.0947. The minimum absolute atomic E-state index is 0.0549. The van der Waals surface area contributed by atoms with Crippen LogP contribution in [0.1, 0.15) is 23.3 Å². The normalized spacial score (nSPS) is 13.4. The Hall–Kier alpha value is -3.74. The summed E-state index contributed by atoms with van der Waals surface area (Å²) in [7, 11) is 0. The van der Waals surface area contributed by atoms with Crippen molar-refractivity contribution in [3.05, 3.63) is 66.7 Å². The van der Waals surface area contributed by atoms with Gasteiger partial charge in [0, 0.05) is 46.8 Å². The molecule has 7 heteroatoms. The van der Waals surface area contributed by atoms with E-state index in [0.29, 0.717) is 17.7 Å². The lowest BCUT2D eigenvalue weighted by Gasteiger charge is -2.06. The van der Waals surface area contributed by atoms with Crippen LogP contribution in [0.15, 0.2) is 61.1 Å². The zero-order chi connectivity index (χ0) is 18.9. The second-order valence-corrected chi connectivity index (χ2v) is 6.86. The number of aromatic amines is 1. The van der Waals surface area contributed by atoms with Gasteiger partial charge in [-0.25, -0.2) is 9.97 Å². The van der Waals surface area contributed by atoms with Crippen LogP contribution in [-0.4, -0.2) is 31.9 Å². The van der Waals surface area contributed by atoms with Gasteiger partial charge in [-0.1, -0.05) is 0 Å². The fourth-order valence-corrected chi connectivity index (χ4v) is 3.05. The van der Waals surface area contributed by atoms with Crippen LogP contribution >= 0.6 is 0 Å². The smallest absolute Gasteiger partial charge is 0.267 e. The van der Waals surface area contributed by atoms with E-state index in [-0.39, 0.29) is 5.91 Å². The number of nitrogens with one attached hydrogen (secondary N) is 3. The quantitative estimate of drug-likeness (QED) is 0.498. The lowest BCUT2D eigenvalue weighted by atomic mass is 10.2. The molecule has 1 saturated carbocycles. The Kier molecular flexibility index (Phi) is 3.97. The molecule has 1 aromatic carbocycles. The number of hydrogen-bond acceptors (Lipinski definition) is 5. The molecule has 7 nitrogen and oxygen atoms in total. The predicted molar refractivity (Wildman–Crippen MR) is 107 cm³/mol. The molecule has 0 unspecified atom stereocenters. The van der Waals surface area contributed by atoms with Gasteiger partial charge in [-0.05, 0) is 55.3 Å². The summed E-state index contributed by atoms with van der Waals surface area (Å²) in [4.78, 5) is 28.4. The standard InChI is InChI=1S/C21H18N6O/c28-20(24-15-3-4-15)19-11-14-10-16(5-6-17(14)26-19)25-21-23-9-7-18(27-21)13-2-1-8-22-12-13/h1-2,5-12,15,26H,3-4H2,(H,24,28)(H,23,25,27). The number of pyridine rings is 1. The molecule has 0 bridgehead atoms. The number of amides is 1. The monoisotopic (exact) mass is 370 g/mol. The Morgan fingerprint density at radius 3 is 2.86 bits per heavy atom. The van der Waals surface area contributed by atoms with Gasteiger partial charge in [0.2, 0.25) is 5.95 Å². The average molecular weight is 370 g/mol. The number of H-pyrrole nitrogens is 1. The molecule has 3 N–H and O–H groups in total. The number of fused-ring (bicyclic) bond motifs is 1. The summed E-state index contributed by atoms with van der Waals surface area (Å²) in [5.41, 5.74) is 4.07. The summed E-state index contributed by atoms with van der Waals surface area (Å²) in [5.74, 6) is 0.448. The molecule has 1 fully saturated rings. The van der Waals surface area contributed by atoms with Gasteiger partial charge in [0.25, 0.3) is 5.91 Å². The molecule has 3 aromatic heterocycles. The number of aromatic nitrogens is 4. The summed E-state index contributed by atoms with van der Waals surface area (Å²) < 4.78 is 0. The molecule has 0 saturated heterocycles. The second-order valence-electron chi connectivity index (χ2n) is 6.86. The third-order valence-electron chi connectivity index (χ3n) is 4.65. The van der Waals surface area contributed by atoms with Crippen molar-refractivity contribution in [1.82, 2.24) is 25.3 Å². The van der Waals surface area contributed by atoms with Crippen LogP contribution in [0, 0.1) is 0 Å². The van der Waals surface area contributed by atoms with E-state index in [1.54, 1.807) is 18.6 Å². The molecule has 0 aliphatic heterocycles. The number of rotatable bonds is 5. The number of carbonyl (C=O) groups excluding carboxylic acids is 1. The van der Waals surface area contributed by atoms with Gasteiger partial charge >= 0.3 is 0 Å². The fraction of sp³-hybridized carbons (Fsp3) is 0.143. The highest BCUT2D eigenvalue weighted by Crippen LogP contribution is 2.24. The number of benzene rings is 1. The Balaban J connectivity index is 1.38. The second kappa shape index (κ2) is 6.77. The van der Waals surface area contributed by atoms with E-state index in [0.717, 1.165) is 40.7 Å². The van der Waals surface area contributed by atoms with Gasteiger partial charge < -0.3 is 15.6 Å². The van der Waals surface area contributed by atoms with Gasteiger partial charge in [-0.15, -0.1) is 0 Å². The van der Waals surface area contributed by atoms with Gasteiger partial charge in [-0.3, -0.25) is 9.78 Å². The van der Waals surface area contributed by atoms with E-state index in [2.05, 4.69) is 30.6 Å². The molecule has 0 atom stereocenters. The molecule has 28 heavy (non-hydrogen) atoms. The largest absolute Gasteiger partial charge is 0.351 e. The summed E-state index contributed by atoms with van der Waals surface area (Å²) in [6.07, 6.45) is 7.35. The van der Waals surface area contributed by atoms with E-state index in [1.807, 2.05) is 42.5 Å². The summed E-state index contributed by atoms with van der Waals surface area (Å²) in [5, 5.41) is 7.18. The van der Waals surface area contributed by atoms with Crippen molar-refractivity contribution in [1.29, 1.82) is 0 Å². The molecule has 4 aromatic rings. The minimum atomic E-state index is -0.0549. The molecule has 0 radical (unpaired) electrons. The Bertz CT molecular complexity index is 1150. The minimum Gasteiger partial charge on any atom is -0.351 e. The zero-order valence-electron chi connectivity index (χ0n) is 15.0. The van der Waals surface area contributed by atoms with Gasteiger partial charge in [-0.2, -0.15) is 0 Å². The van der Waals surface area contributed by atoms with Crippen LogP contribution in [-0.2, 0) is 0 Å². The summed E-state index contributed by atoms with van der Waals surface area (Å²) in [6.45, 7) is 0. The van der Waals surface area contributed by atoms with E-state index in [9.17, 15) is 4.79 Å². The van der Waals surface area contributed by atoms with E-state index < -0.39 is 0 Å². The third-order valence-corrected chi connectivity index (χ3v) is 4.65. The molecule has 3 heterocycles. The first-order valence-corrected chi connectivity index (χ1v) is 9.19. The van der Waals surface area contributed by atoms with E-state index in [4.69, 9.17) is 0 Å². The molecule has 1 aliphatic carbocycles. The Labute approximate surface area is 161 Å². The van der Waals surface area contributed by atoms with Gasteiger partial charge in [0.15, 0.2) is 0 Å². The average Bonchev–Trinajstić information content (AvgIpc) is 3.44. The van der Waals surface area contributed by atoms with E-state index >= 15 is 0 Å². The van der Waals surface area contributed by atoms with Crippen LogP contribution in [0.25, 0.3) is 22.2 Å². The van der Waals surface area contributed by atoms with Crippen molar-refractivity contribution in [3.8, 4) is 11.3 Å². The molecular weight excluding hydrogens is 352 g/mol. The first kappa shape index (κ1) is 16.4. The van der Waals surface area contributed by atoms with Crippen molar-refractivity contribution in [2.24, 2.45) is 0 Å². The third kappa shape index (κ3) is 3.42. The van der Waals surface area contributed by atoms with Crippen LogP contribution in [0.3, 0.4) is 0 Å². The van der Waals surface area contributed by atoms with Crippen molar-refractivity contribution in [2.75, 3.05) is 5.32 Å². The Morgan fingerprint density at radius 1 is 1.11 bits per heavy atom. The maximum absolute atomic E-state index is 12.2. The van der Waals surface area contributed by atoms with Crippen molar-refractivity contribution < 1.29 is 4.79 Å². The van der Waals surface area contributed by atoms with Crippen LogP contribution < -0.4 is 10.6 Å². The zero-order valence-corrected chi connectivity index (χ0v) is 15.0. The first-order valence-electron chi connectivity index (χ1n) is 9.19. The highest BCUT2D eigenvalue weighted by atomic mass is 16.2. The van der Waals surface area contributed by atoms with Gasteiger partial charge in [0.05, 0.1) is 5.69 Å². The SMILES string of the molecule is O=C(NC1CC1)c1cc2cc(Nc3nccc(-c4cccnc4)n3)ccc2[nH]1. The number of carbonyl (C=O) groups is 1. The molecule has 5 rings (SSSR count). The summed E-state index contributed by atoms with van der Waals surface area (Å²) in [6, 6.07) is 13.7. The molecule has 0 spiro atoms. The fourth-order valence-electron chi connectivity index (χ4n) is 3.05.